The fourth-order valence-corrected chi connectivity index (χ4v) is 2.64. The number of piperazine rings is 1. The van der Waals surface area contributed by atoms with Gasteiger partial charge in [-0.2, -0.15) is 0 Å². The summed E-state index contributed by atoms with van der Waals surface area (Å²) < 4.78 is 0. The number of aromatic nitrogens is 1. The number of nitrogens with zero attached hydrogens (tertiary/aromatic N) is 3. The van der Waals surface area contributed by atoms with Gasteiger partial charge in [0.25, 0.3) is 0 Å². The molecule has 0 amide bonds. The maximum atomic E-state index is 4.81. The van der Waals surface area contributed by atoms with Gasteiger partial charge in [0.1, 0.15) is 5.82 Å². The molecule has 112 valence electrons. The Kier molecular flexibility index (Phi) is 4.66. The van der Waals surface area contributed by atoms with Gasteiger partial charge in [0.05, 0.1) is 0 Å². The monoisotopic (exact) mass is 276 g/mol. The predicted molar refractivity (Wildman–Crippen MR) is 85.3 cm³/mol. The quantitative estimate of drug-likeness (QED) is 0.912. The van der Waals surface area contributed by atoms with Gasteiger partial charge in [-0.05, 0) is 46.0 Å². The lowest BCUT2D eigenvalue weighted by atomic mass is 10.00. The van der Waals surface area contributed by atoms with Crippen LogP contribution in [0.3, 0.4) is 0 Å². The molecule has 1 saturated heterocycles. The number of likely N-dealkylation sites (N-methyl/N-ethyl adjacent to an activating group) is 1. The second-order valence-electron chi connectivity index (χ2n) is 6.35. The molecule has 2 rings (SSSR count). The Bertz CT molecular complexity index is 456. The lowest BCUT2D eigenvalue weighted by Gasteiger charge is -2.45. The van der Waals surface area contributed by atoms with Crippen LogP contribution < -0.4 is 10.2 Å². The second-order valence-corrected chi connectivity index (χ2v) is 6.35. The summed E-state index contributed by atoms with van der Waals surface area (Å²) in [6.45, 7) is 13.9. The third-order valence-corrected chi connectivity index (χ3v) is 4.39. The van der Waals surface area contributed by atoms with E-state index in [1.54, 1.807) is 0 Å². The number of hydrogen-bond donors (Lipinski definition) is 1. The maximum Gasteiger partial charge on any atom is 0.128 e. The lowest BCUT2D eigenvalue weighted by molar-refractivity contribution is 0.138. The zero-order valence-corrected chi connectivity index (χ0v) is 13.5. The molecular weight excluding hydrogens is 248 g/mol. The molecule has 1 fully saturated rings. The summed E-state index contributed by atoms with van der Waals surface area (Å²) in [7, 11) is 2.20. The van der Waals surface area contributed by atoms with Gasteiger partial charge in [0.15, 0.2) is 0 Å². The first-order valence-corrected chi connectivity index (χ1v) is 7.57. The number of anilines is 1. The van der Waals surface area contributed by atoms with Crippen LogP contribution in [-0.4, -0.2) is 48.6 Å². The molecule has 1 aliphatic heterocycles. The Labute approximate surface area is 123 Å². The van der Waals surface area contributed by atoms with E-state index in [1.165, 1.54) is 5.56 Å². The van der Waals surface area contributed by atoms with Crippen molar-refractivity contribution >= 4 is 5.82 Å². The van der Waals surface area contributed by atoms with Crippen LogP contribution in [0.2, 0.25) is 0 Å². The zero-order chi connectivity index (χ0) is 14.8. The van der Waals surface area contributed by atoms with Gasteiger partial charge in [-0.1, -0.05) is 13.0 Å². The molecule has 4 heteroatoms. The minimum absolute atomic E-state index is 0.205. The van der Waals surface area contributed by atoms with Crippen molar-refractivity contribution < 1.29 is 0 Å². The zero-order valence-electron chi connectivity index (χ0n) is 13.5. The number of nitrogens with one attached hydrogen (secondary N) is 1. The van der Waals surface area contributed by atoms with Gasteiger partial charge < -0.3 is 10.2 Å². The molecule has 0 saturated carbocycles. The van der Waals surface area contributed by atoms with Gasteiger partial charge in [-0.3, -0.25) is 4.90 Å². The summed E-state index contributed by atoms with van der Waals surface area (Å²) in [5.74, 6) is 1.11. The third-order valence-electron chi connectivity index (χ3n) is 4.39. The van der Waals surface area contributed by atoms with Crippen molar-refractivity contribution in [3.05, 3.63) is 23.4 Å². The van der Waals surface area contributed by atoms with Crippen LogP contribution in [0.5, 0.6) is 0 Å². The number of aryl methyl sites for hydroxylation is 1. The Morgan fingerprint density at radius 2 is 2.05 bits per heavy atom. The van der Waals surface area contributed by atoms with E-state index in [2.05, 4.69) is 62.0 Å². The molecule has 20 heavy (non-hydrogen) atoms. The largest absolute Gasteiger partial charge is 0.353 e. The Hall–Kier alpha value is -1.13. The van der Waals surface area contributed by atoms with Crippen LogP contribution in [0.15, 0.2) is 12.1 Å². The first-order valence-electron chi connectivity index (χ1n) is 7.57. The van der Waals surface area contributed by atoms with Crippen molar-refractivity contribution in [2.24, 2.45) is 0 Å². The number of rotatable bonds is 4. The van der Waals surface area contributed by atoms with E-state index < -0.39 is 0 Å². The molecule has 0 aliphatic carbocycles. The van der Waals surface area contributed by atoms with E-state index >= 15 is 0 Å². The average Bonchev–Trinajstić information content (AvgIpc) is 2.40. The lowest BCUT2D eigenvalue weighted by Crippen LogP contribution is -2.57. The Morgan fingerprint density at radius 1 is 1.30 bits per heavy atom. The predicted octanol–water partition coefficient (Wildman–Crippen LogP) is 2.03. The number of hydrogen-bond acceptors (Lipinski definition) is 4. The van der Waals surface area contributed by atoms with E-state index in [9.17, 15) is 0 Å². The van der Waals surface area contributed by atoms with E-state index in [0.717, 1.165) is 44.2 Å². The molecule has 1 aliphatic rings. The Morgan fingerprint density at radius 3 is 2.65 bits per heavy atom. The van der Waals surface area contributed by atoms with Gasteiger partial charge in [-0.25, -0.2) is 4.98 Å². The fourth-order valence-electron chi connectivity index (χ4n) is 2.64. The summed E-state index contributed by atoms with van der Waals surface area (Å²) in [6, 6.07) is 4.38. The Balaban J connectivity index is 2.12. The standard InChI is InChI=1S/C16H28N4/c1-6-17-11-14-7-8-15(18-13(14)2)20-10-9-19(5)16(3,4)12-20/h7-8,17H,6,9-12H2,1-5H3. The molecule has 0 aromatic carbocycles. The highest BCUT2D eigenvalue weighted by molar-refractivity contribution is 5.43. The van der Waals surface area contributed by atoms with Crippen molar-refractivity contribution in [2.45, 2.75) is 39.8 Å². The van der Waals surface area contributed by atoms with Crippen LogP contribution in [0.1, 0.15) is 32.0 Å². The highest BCUT2D eigenvalue weighted by atomic mass is 15.3. The van der Waals surface area contributed by atoms with E-state index in [1.807, 2.05) is 0 Å². The second kappa shape index (κ2) is 6.10. The average molecular weight is 276 g/mol. The third kappa shape index (κ3) is 3.30. The smallest absolute Gasteiger partial charge is 0.128 e. The van der Waals surface area contributed by atoms with Crippen LogP contribution in [-0.2, 0) is 6.54 Å². The van der Waals surface area contributed by atoms with Crippen LogP contribution >= 0.6 is 0 Å². The van der Waals surface area contributed by atoms with Crippen molar-refractivity contribution in [2.75, 3.05) is 38.1 Å². The highest BCUT2D eigenvalue weighted by Gasteiger charge is 2.31. The minimum atomic E-state index is 0.205. The van der Waals surface area contributed by atoms with Gasteiger partial charge in [0, 0.05) is 37.4 Å². The molecule has 0 bridgehead atoms. The number of pyridine rings is 1. The van der Waals surface area contributed by atoms with Gasteiger partial charge in [-0.15, -0.1) is 0 Å². The van der Waals surface area contributed by atoms with Crippen LogP contribution in [0.4, 0.5) is 5.82 Å². The van der Waals surface area contributed by atoms with E-state index in [0.29, 0.717) is 0 Å². The van der Waals surface area contributed by atoms with Crippen molar-refractivity contribution in [1.29, 1.82) is 0 Å². The molecule has 1 N–H and O–H groups in total. The van der Waals surface area contributed by atoms with E-state index in [-0.39, 0.29) is 5.54 Å². The summed E-state index contributed by atoms with van der Waals surface area (Å²) >= 11 is 0. The summed E-state index contributed by atoms with van der Waals surface area (Å²) in [4.78, 5) is 9.64. The van der Waals surface area contributed by atoms with Gasteiger partial charge >= 0.3 is 0 Å². The highest BCUT2D eigenvalue weighted by Crippen LogP contribution is 2.23. The SMILES string of the molecule is CCNCc1ccc(N2CCN(C)C(C)(C)C2)nc1C. The minimum Gasteiger partial charge on any atom is -0.353 e. The first kappa shape index (κ1) is 15.3. The molecule has 0 radical (unpaired) electrons. The summed E-state index contributed by atoms with van der Waals surface area (Å²) in [5.41, 5.74) is 2.64. The van der Waals surface area contributed by atoms with Gasteiger partial charge in [0.2, 0.25) is 0 Å². The molecule has 1 aromatic rings. The summed E-state index contributed by atoms with van der Waals surface area (Å²) in [5, 5.41) is 3.36. The van der Waals surface area contributed by atoms with Crippen LogP contribution in [0, 0.1) is 6.92 Å². The molecule has 1 aromatic heterocycles. The molecule has 4 nitrogen and oxygen atoms in total. The van der Waals surface area contributed by atoms with Crippen LogP contribution in [0.25, 0.3) is 0 Å². The normalized spacial score (nSPS) is 19.4. The fraction of sp³-hybridized carbons (Fsp3) is 0.688. The van der Waals surface area contributed by atoms with Crippen molar-refractivity contribution in [3.63, 3.8) is 0 Å². The molecule has 0 atom stereocenters. The first-order chi connectivity index (χ1) is 9.44. The topological polar surface area (TPSA) is 31.4 Å². The van der Waals surface area contributed by atoms with E-state index in [4.69, 9.17) is 4.98 Å². The van der Waals surface area contributed by atoms with Crippen molar-refractivity contribution in [3.8, 4) is 0 Å². The maximum absolute atomic E-state index is 4.81. The molecule has 2 heterocycles. The molecular formula is C16H28N4. The summed E-state index contributed by atoms with van der Waals surface area (Å²) in [6.07, 6.45) is 0. The molecule has 0 spiro atoms. The van der Waals surface area contributed by atoms with Crippen molar-refractivity contribution in [1.82, 2.24) is 15.2 Å². The molecule has 0 unspecified atom stereocenters.